The maximum absolute atomic E-state index is 5.40. The van der Waals surface area contributed by atoms with Gasteiger partial charge in [-0.15, -0.1) is 0 Å². The molecule has 0 aromatic carbocycles. The largest absolute Gasteiger partial charge is 0.330 e. The summed E-state index contributed by atoms with van der Waals surface area (Å²) in [4.78, 5) is 0. The van der Waals surface area contributed by atoms with Gasteiger partial charge in [0.2, 0.25) is 0 Å². The minimum Gasteiger partial charge on any atom is -0.330 e. The zero-order valence-corrected chi connectivity index (χ0v) is 5.64. The van der Waals surface area contributed by atoms with E-state index in [-0.39, 0.29) is 5.41 Å². The SMILES string of the molecule is NCC(CN)(CN)CN. The molecular weight excluding hydrogens is 116 g/mol. The molecule has 0 saturated carbocycles. The molecule has 0 heterocycles. The summed E-state index contributed by atoms with van der Waals surface area (Å²) in [5.74, 6) is 0. The van der Waals surface area contributed by atoms with Gasteiger partial charge in [0.1, 0.15) is 0 Å². The van der Waals surface area contributed by atoms with Crippen molar-refractivity contribution in [2.75, 3.05) is 26.2 Å². The first-order valence-electron chi connectivity index (χ1n) is 3.05. The summed E-state index contributed by atoms with van der Waals surface area (Å²) < 4.78 is 0. The Labute approximate surface area is 55.6 Å². The highest BCUT2D eigenvalue weighted by atomic mass is 14.8. The Kier molecular flexibility index (Phi) is 3.72. The molecule has 0 aliphatic heterocycles. The van der Waals surface area contributed by atoms with Crippen LogP contribution in [-0.4, -0.2) is 26.2 Å². The second kappa shape index (κ2) is 3.79. The van der Waals surface area contributed by atoms with Crippen LogP contribution in [0.5, 0.6) is 0 Å². The lowest BCUT2D eigenvalue weighted by atomic mass is 9.89. The molecular formula is C5H16N4. The first-order chi connectivity index (χ1) is 4.24. The third-order valence-electron chi connectivity index (χ3n) is 1.73. The van der Waals surface area contributed by atoms with E-state index in [0.29, 0.717) is 26.2 Å². The van der Waals surface area contributed by atoms with Gasteiger partial charge in [-0.2, -0.15) is 0 Å². The van der Waals surface area contributed by atoms with Gasteiger partial charge in [-0.1, -0.05) is 0 Å². The lowest BCUT2D eigenvalue weighted by Gasteiger charge is -2.26. The fraction of sp³-hybridized carbons (Fsp3) is 1.00. The Hall–Kier alpha value is -0.160. The van der Waals surface area contributed by atoms with Crippen molar-refractivity contribution in [3.63, 3.8) is 0 Å². The summed E-state index contributed by atoms with van der Waals surface area (Å²) in [5, 5.41) is 0. The molecule has 0 aromatic rings. The molecule has 8 N–H and O–H groups in total. The molecule has 0 unspecified atom stereocenters. The fourth-order valence-corrected chi connectivity index (χ4v) is 0.500. The van der Waals surface area contributed by atoms with Gasteiger partial charge in [0.15, 0.2) is 0 Å². The molecule has 0 amide bonds. The van der Waals surface area contributed by atoms with Crippen LogP contribution >= 0.6 is 0 Å². The molecule has 0 fully saturated rings. The third-order valence-corrected chi connectivity index (χ3v) is 1.73. The summed E-state index contributed by atoms with van der Waals surface area (Å²) in [6, 6.07) is 0. The van der Waals surface area contributed by atoms with Crippen LogP contribution in [0.15, 0.2) is 0 Å². The normalized spacial score (nSPS) is 12.0. The summed E-state index contributed by atoms with van der Waals surface area (Å²) >= 11 is 0. The van der Waals surface area contributed by atoms with Crippen LogP contribution in [-0.2, 0) is 0 Å². The molecule has 56 valence electrons. The maximum Gasteiger partial charge on any atom is 0.0193 e. The first kappa shape index (κ1) is 8.84. The molecule has 0 aromatic heterocycles. The summed E-state index contributed by atoms with van der Waals surface area (Å²) in [6.07, 6.45) is 0. The van der Waals surface area contributed by atoms with E-state index in [9.17, 15) is 0 Å². The standard InChI is InChI=1S/C5H16N4/c6-1-5(2-7,3-8)4-9/h1-4,6-9H2. The summed E-state index contributed by atoms with van der Waals surface area (Å²) in [5.41, 5.74) is 21.4. The molecule has 0 rings (SSSR count). The molecule has 0 radical (unpaired) electrons. The van der Waals surface area contributed by atoms with Gasteiger partial charge in [-0.25, -0.2) is 0 Å². The fourth-order valence-electron chi connectivity index (χ4n) is 0.500. The molecule has 0 atom stereocenters. The van der Waals surface area contributed by atoms with Crippen molar-refractivity contribution in [1.82, 2.24) is 0 Å². The van der Waals surface area contributed by atoms with Gasteiger partial charge >= 0.3 is 0 Å². The van der Waals surface area contributed by atoms with E-state index in [1.807, 2.05) is 0 Å². The highest BCUT2D eigenvalue weighted by Crippen LogP contribution is 2.06. The van der Waals surface area contributed by atoms with Crippen molar-refractivity contribution in [2.24, 2.45) is 28.3 Å². The predicted molar refractivity (Wildman–Crippen MR) is 38.7 cm³/mol. The summed E-state index contributed by atoms with van der Waals surface area (Å²) in [7, 11) is 0. The second-order valence-corrected chi connectivity index (χ2v) is 2.32. The van der Waals surface area contributed by atoms with E-state index in [1.165, 1.54) is 0 Å². The summed E-state index contributed by atoms with van der Waals surface area (Å²) in [6.45, 7) is 1.88. The van der Waals surface area contributed by atoms with Gasteiger partial charge in [0.05, 0.1) is 0 Å². The highest BCUT2D eigenvalue weighted by Gasteiger charge is 2.22. The smallest absolute Gasteiger partial charge is 0.0193 e. The van der Waals surface area contributed by atoms with E-state index in [4.69, 9.17) is 22.9 Å². The Balaban J connectivity index is 3.82. The molecule has 0 spiro atoms. The van der Waals surface area contributed by atoms with Gasteiger partial charge in [0.25, 0.3) is 0 Å². The van der Waals surface area contributed by atoms with Gasteiger partial charge < -0.3 is 22.9 Å². The highest BCUT2D eigenvalue weighted by molar-refractivity contribution is 4.82. The van der Waals surface area contributed by atoms with Crippen LogP contribution in [0, 0.1) is 5.41 Å². The Morgan fingerprint density at radius 2 is 0.889 bits per heavy atom. The minimum atomic E-state index is -0.222. The van der Waals surface area contributed by atoms with Gasteiger partial charge in [0, 0.05) is 31.6 Å². The molecule has 4 heteroatoms. The Morgan fingerprint density at radius 3 is 0.889 bits per heavy atom. The van der Waals surface area contributed by atoms with Crippen molar-refractivity contribution in [1.29, 1.82) is 0 Å². The molecule has 0 aliphatic rings. The first-order valence-corrected chi connectivity index (χ1v) is 3.05. The number of rotatable bonds is 4. The van der Waals surface area contributed by atoms with Crippen molar-refractivity contribution >= 4 is 0 Å². The average molecular weight is 132 g/mol. The van der Waals surface area contributed by atoms with Crippen LogP contribution in [0.1, 0.15) is 0 Å². The van der Waals surface area contributed by atoms with E-state index < -0.39 is 0 Å². The molecule has 4 nitrogen and oxygen atoms in total. The van der Waals surface area contributed by atoms with Crippen molar-refractivity contribution in [3.05, 3.63) is 0 Å². The monoisotopic (exact) mass is 132 g/mol. The average Bonchev–Trinajstić information content (AvgIpc) is 1.95. The zero-order chi connectivity index (χ0) is 7.33. The molecule has 9 heavy (non-hydrogen) atoms. The van der Waals surface area contributed by atoms with Crippen molar-refractivity contribution in [2.45, 2.75) is 0 Å². The lowest BCUT2D eigenvalue weighted by molar-refractivity contribution is 0.333. The topological polar surface area (TPSA) is 104 Å². The number of hydrogen-bond acceptors (Lipinski definition) is 4. The van der Waals surface area contributed by atoms with Crippen LogP contribution in [0.25, 0.3) is 0 Å². The van der Waals surface area contributed by atoms with Crippen LogP contribution in [0.4, 0.5) is 0 Å². The number of hydrogen-bond donors (Lipinski definition) is 4. The third kappa shape index (κ3) is 1.91. The van der Waals surface area contributed by atoms with Crippen molar-refractivity contribution in [3.8, 4) is 0 Å². The minimum absolute atomic E-state index is 0.222. The van der Waals surface area contributed by atoms with Gasteiger partial charge in [-0.05, 0) is 0 Å². The van der Waals surface area contributed by atoms with E-state index in [1.54, 1.807) is 0 Å². The van der Waals surface area contributed by atoms with E-state index >= 15 is 0 Å². The number of nitrogens with two attached hydrogens (primary N) is 4. The van der Waals surface area contributed by atoms with Gasteiger partial charge in [-0.3, -0.25) is 0 Å². The van der Waals surface area contributed by atoms with Crippen LogP contribution in [0.2, 0.25) is 0 Å². The molecule has 0 aliphatic carbocycles. The maximum atomic E-state index is 5.40. The van der Waals surface area contributed by atoms with Crippen LogP contribution in [0.3, 0.4) is 0 Å². The Bertz CT molecular complexity index is 51.8. The molecule has 0 bridgehead atoms. The van der Waals surface area contributed by atoms with E-state index in [0.717, 1.165) is 0 Å². The quantitative estimate of drug-likeness (QED) is 0.348. The van der Waals surface area contributed by atoms with Crippen LogP contribution < -0.4 is 22.9 Å². The van der Waals surface area contributed by atoms with Crippen molar-refractivity contribution < 1.29 is 0 Å². The second-order valence-electron chi connectivity index (χ2n) is 2.32. The predicted octanol–water partition coefficient (Wildman–Crippen LogP) is -2.19. The molecule has 0 saturated heterocycles. The zero-order valence-electron chi connectivity index (χ0n) is 5.64. The van der Waals surface area contributed by atoms with E-state index in [2.05, 4.69) is 0 Å². The Morgan fingerprint density at radius 1 is 0.667 bits per heavy atom. The lowest BCUT2D eigenvalue weighted by Crippen LogP contribution is -2.49.